The topological polar surface area (TPSA) is 115 Å². The monoisotopic (exact) mass is 307 g/mol. The molecule has 0 aliphatic heterocycles. The molecule has 1 aromatic carbocycles. The summed E-state index contributed by atoms with van der Waals surface area (Å²) >= 11 is 0. The van der Waals surface area contributed by atoms with Crippen molar-refractivity contribution in [1.29, 1.82) is 0 Å². The molecule has 0 unspecified atom stereocenters. The number of nitro benzene ring substituents is 1. The molecule has 0 amide bonds. The molecule has 0 heterocycles. The highest BCUT2D eigenvalue weighted by atomic mass is 32.2. The van der Waals surface area contributed by atoms with Gasteiger partial charge in [-0.1, -0.05) is 0 Å². The molecule has 0 aromatic heterocycles. The zero-order valence-corrected chi connectivity index (χ0v) is 10.9. The zero-order valence-electron chi connectivity index (χ0n) is 10.0. The predicted octanol–water partition coefficient (Wildman–Crippen LogP) is 0.641. The van der Waals surface area contributed by atoms with Gasteiger partial charge >= 0.3 is 5.69 Å². The van der Waals surface area contributed by atoms with Crippen molar-refractivity contribution in [3.8, 4) is 0 Å². The lowest BCUT2D eigenvalue weighted by Gasteiger charge is -2.32. The highest BCUT2D eigenvalue weighted by Gasteiger charge is 2.33. The van der Waals surface area contributed by atoms with Crippen LogP contribution in [0, 0.1) is 21.7 Å². The molecule has 0 atom stereocenters. The van der Waals surface area contributed by atoms with E-state index in [1.807, 2.05) is 0 Å². The van der Waals surface area contributed by atoms with Gasteiger partial charge in [0.05, 0.1) is 4.92 Å². The minimum atomic E-state index is -4.30. The fourth-order valence-corrected chi connectivity index (χ4v) is 3.25. The van der Waals surface area contributed by atoms with E-state index in [0.29, 0.717) is 18.9 Å². The maximum absolute atomic E-state index is 13.5. The SMILES string of the molecule is NC1CC(NS(=O)(=O)c2cc([N+](=O)[O-])c(F)cc2F)C1. The number of rotatable bonds is 4. The van der Waals surface area contributed by atoms with Crippen LogP contribution >= 0.6 is 0 Å². The van der Waals surface area contributed by atoms with Crippen LogP contribution in [0.4, 0.5) is 14.5 Å². The molecule has 110 valence electrons. The molecule has 1 aromatic rings. The summed E-state index contributed by atoms with van der Waals surface area (Å²) in [5, 5.41) is 10.6. The van der Waals surface area contributed by atoms with Crippen molar-refractivity contribution in [2.24, 2.45) is 5.73 Å². The molecule has 0 saturated heterocycles. The molecular weight excluding hydrogens is 296 g/mol. The van der Waals surface area contributed by atoms with E-state index in [1.165, 1.54) is 0 Å². The number of nitrogens with zero attached hydrogens (tertiary/aromatic N) is 1. The van der Waals surface area contributed by atoms with Crippen molar-refractivity contribution < 1.29 is 22.1 Å². The fourth-order valence-electron chi connectivity index (χ4n) is 1.91. The summed E-state index contributed by atoms with van der Waals surface area (Å²) in [4.78, 5) is 8.49. The Morgan fingerprint density at radius 1 is 1.30 bits per heavy atom. The Labute approximate surface area is 113 Å². The molecule has 0 spiro atoms. The molecule has 0 bridgehead atoms. The highest BCUT2D eigenvalue weighted by Crippen LogP contribution is 2.26. The number of halogens is 2. The van der Waals surface area contributed by atoms with Crippen LogP contribution in [0.25, 0.3) is 0 Å². The maximum Gasteiger partial charge on any atom is 0.306 e. The van der Waals surface area contributed by atoms with Gasteiger partial charge in [0.2, 0.25) is 15.8 Å². The lowest BCUT2D eigenvalue weighted by atomic mass is 9.89. The van der Waals surface area contributed by atoms with Gasteiger partial charge in [0.1, 0.15) is 10.7 Å². The third-order valence-corrected chi connectivity index (χ3v) is 4.52. The van der Waals surface area contributed by atoms with Crippen molar-refractivity contribution in [2.75, 3.05) is 0 Å². The molecule has 7 nitrogen and oxygen atoms in total. The van der Waals surface area contributed by atoms with Gasteiger partial charge in [-0.2, -0.15) is 4.39 Å². The Morgan fingerprint density at radius 3 is 2.40 bits per heavy atom. The number of benzene rings is 1. The van der Waals surface area contributed by atoms with E-state index in [-0.39, 0.29) is 12.1 Å². The second kappa shape index (κ2) is 5.04. The molecule has 2 rings (SSSR count). The van der Waals surface area contributed by atoms with Crippen LogP contribution in [0.2, 0.25) is 0 Å². The minimum Gasteiger partial charge on any atom is -0.328 e. The van der Waals surface area contributed by atoms with E-state index in [2.05, 4.69) is 4.72 Å². The highest BCUT2D eigenvalue weighted by molar-refractivity contribution is 7.89. The quantitative estimate of drug-likeness (QED) is 0.625. The Kier molecular flexibility index (Phi) is 3.71. The van der Waals surface area contributed by atoms with Gasteiger partial charge in [-0.15, -0.1) is 0 Å². The molecule has 20 heavy (non-hydrogen) atoms. The summed E-state index contributed by atoms with van der Waals surface area (Å²) < 4.78 is 52.7. The normalized spacial score (nSPS) is 22.4. The number of hydrogen-bond acceptors (Lipinski definition) is 5. The molecule has 0 radical (unpaired) electrons. The second-order valence-corrected chi connectivity index (χ2v) is 6.22. The third-order valence-electron chi connectivity index (χ3n) is 2.98. The van der Waals surface area contributed by atoms with Gasteiger partial charge in [-0.05, 0) is 12.8 Å². The molecule has 3 N–H and O–H groups in total. The summed E-state index contributed by atoms with van der Waals surface area (Å²) in [6.07, 6.45) is 0.786. The maximum atomic E-state index is 13.5. The summed E-state index contributed by atoms with van der Waals surface area (Å²) in [6.45, 7) is 0. The smallest absolute Gasteiger partial charge is 0.306 e. The molecule has 10 heteroatoms. The van der Waals surface area contributed by atoms with Gasteiger partial charge in [-0.25, -0.2) is 17.5 Å². The second-order valence-electron chi connectivity index (χ2n) is 4.54. The molecule has 1 fully saturated rings. The molecule has 1 aliphatic rings. The summed E-state index contributed by atoms with van der Waals surface area (Å²) in [5.41, 5.74) is 4.39. The van der Waals surface area contributed by atoms with Gasteiger partial charge < -0.3 is 5.73 Å². The first-order valence-electron chi connectivity index (χ1n) is 5.62. The van der Waals surface area contributed by atoms with Crippen LogP contribution in [0.5, 0.6) is 0 Å². The number of nitro groups is 1. The van der Waals surface area contributed by atoms with Crippen molar-refractivity contribution in [3.05, 3.63) is 33.9 Å². The van der Waals surface area contributed by atoms with Crippen LogP contribution in [-0.2, 0) is 10.0 Å². The number of sulfonamides is 1. The largest absolute Gasteiger partial charge is 0.328 e. The minimum absolute atomic E-state index is 0.130. The first-order chi connectivity index (χ1) is 9.20. The van der Waals surface area contributed by atoms with E-state index in [9.17, 15) is 27.3 Å². The predicted molar refractivity (Wildman–Crippen MR) is 64.3 cm³/mol. The Balaban J connectivity index is 2.35. The third kappa shape index (κ3) is 2.76. The van der Waals surface area contributed by atoms with Crippen LogP contribution in [0.1, 0.15) is 12.8 Å². The van der Waals surface area contributed by atoms with Crippen molar-refractivity contribution in [3.63, 3.8) is 0 Å². The van der Waals surface area contributed by atoms with Crippen LogP contribution < -0.4 is 10.5 Å². The summed E-state index contributed by atoms with van der Waals surface area (Å²) in [5.74, 6) is -2.82. The van der Waals surface area contributed by atoms with E-state index < -0.39 is 43.2 Å². The fraction of sp³-hybridized carbons (Fsp3) is 0.400. The van der Waals surface area contributed by atoms with Crippen LogP contribution in [0.3, 0.4) is 0 Å². The van der Waals surface area contributed by atoms with E-state index in [1.54, 1.807) is 0 Å². The van der Waals surface area contributed by atoms with E-state index >= 15 is 0 Å². The van der Waals surface area contributed by atoms with E-state index in [4.69, 9.17) is 5.73 Å². The lowest BCUT2D eigenvalue weighted by molar-refractivity contribution is -0.387. The number of hydrogen-bond donors (Lipinski definition) is 2. The molecule has 1 aliphatic carbocycles. The molecule has 1 saturated carbocycles. The van der Waals surface area contributed by atoms with Gasteiger partial charge in [0.15, 0.2) is 0 Å². The summed E-state index contributed by atoms with van der Waals surface area (Å²) in [7, 11) is -4.30. The lowest BCUT2D eigenvalue weighted by Crippen LogP contribution is -2.50. The van der Waals surface area contributed by atoms with E-state index in [0.717, 1.165) is 0 Å². The Bertz CT molecular complexity index is 659. The van der Waals surface area contributed by atoms with Crippen molar-refractivity contribution in [2.45, 2.75) is 29.8 Å². The number of nitrogens with one attached hydrogen (secondary N) is 1. The van der Waals surface area contributed by atoms with Gasteiger partial charge in [0, 0.05) is 24.2 Å². The Morgan fingerprint density at radius 2 is 1.90 bits per heavy atom. The van der Waals surface area contributed by atoms with Crippen molar-refractivity contribution >= 4 is 15.7 Å². The Hall–Kier alpha value is -1.65. The first kappa shape index (κ1) is 14.8. The zero-order chi connectivity index (χ0) is 15.1. The summed E-state index contributed by atoms with van der Waals surface area (Å²) in [6, 6.07) is -0.0289. The van der Waals surface area contributed by atoms with Crippen LogP contribution in [-0.4, -0.2) is 25.4 Å². The first-order valence-corrected chi connectivity index (χ1v) is 7.10. The van der Waals surface area contributed by atoms with Crippen LogP contribution in [0.15, 0.2) is 17.0 Å². The van der Waals surface area contributed by atoms with Gasteiger partial charge in [0.25, 0.3) is 0 Å². The standard InChI is InChI=1S/C10H11F2N3O4S/c11-7-3-8(12)10(4-9(7)15(16)17)20(18,19)14-6-1-5(13)2-6/h3-6,14H,1-2,13H2. The number of nitrogens with two attached hydrogens (primary N) is 1. The van der Waals surface area contributed by atoms with Gasteiger partial charge in [-0.3, -0.25) is 10.1 Å². The average molecular weight is 307 g/mol. The van der Waals surface area contributed by atoms with Crippen molar-refractivity contribution in [1.82, 2.24) is 4.72 Å². The molecular formula is C10H11F2N3O4S. The average Bonchev–Trinajstić information content (AvgIpc) is 2.25.